The van der Waals surface area contributed by atoms with E-state index >= 15 is 0 Å². The Bertz CT molecular complexity index is 804. The van der Waals surface area contributed by atoms with Gasteiger partial charge in [0.2, 0.25) is 11.8 Å². The fourth-order valence-electron chi connectivity index (χ4n) is 4.99. The summed E-state index contributed by atoms with van der Waals surface area (Å²) < 4.78 is 0.888. The van der Waals surface area contributed by atoms with E-state index < -0.39 is 0 Å². The summed E-state index contributed by atoms with van der Waals surface area (Å²) in [7, 11) is 6.52. The molecular formula is C33H60N3O3S+. The molecule has 0 spiro atoms. The van der Waals surface area contributed by atoms with Gasteiger partial charge in [-0.15, -0.1) is 11.3 Å². The SMILES string of the molecule is CCCCCCCCCCCCCCCC(=O)N(CCCC[N+](C)(C)C)CC(=O)N(CC(C)=O)Cc1cccs1. The largest absolute Gasteiger partial charge is 0.333 e. The Morgan fingerprint density at radius 2 is 1.30 bits per heavy atom. The molecule has 0 aliphatic carbocycles. The van der Waals surface area contributed by atoms with Crippen LogP contribution in [0.3, 0.4) is 0 Å². The van der Waals surface area contributed by atoms with Gasteiger partial charge in [-0.1, -0.05) is 90.0 Å². The molecule has 1 heterocycles. The first-order valence-electron chi connectivity index (χ1n) is 16.0. The van der Waals surface area contributed by atoms with Gasteiger partial charge in [-0.25, -0.2) is 0 Å². The van der Waals surface area contributed by atoms with Gasteiger partial charge in [-0.2, -0.15) is 0 Å². The van der Waals surface area contributed by atoms with Gasteiger partial charge < -0.3 is 14.3 Å². The molecule has 1 rings (SSSR count). The predicted molar refractivity (Wildman–Crippen MR) is 169 cm³/mol. The molecule has 0 aliphatic rings. The summed E-state index contributed by atoms with van der Waals surface area (Å²) in [5.74, 6) is -0.118. The molecule has 0 aromatic carbocycles. The van der Waals surface area contributed by atoms with E-state index in [9.17, 15) is 14.4 Å². The first kappa shape index (κ1) is 36.3. The summed E-state index contributed by atoms with van der Waals surface area (Å²) in [5, 5.41) is 1.98. The number of carbonyl (C=O) groups excluding carboxylic acids is 3. The van der Waals surface area contributed by atoms with Crippen LogP contribution in [-0.2, 0) is 20.9 Å². The average Bonchev–Trinajstić information content (AvgIpc) is 3.40. The highest BCUT2D eigenvalue weighted by atomic mass is 32.1. The molecule has 0 unspecified atom stereocenters. The van der Waals surface area contributed by atoms with E-state index in [-0.39, 0.29) is 30.7 Å². The summed E-state index contributed by atoms with van der Waals surface area (Å²) >= 11 is 1.58. The molecule has 6 nitrogen and oxygen atoms in total. The minimum atomic E-state index is -0.145. The van der Waals surface area contributed by atoms with Gasteiger partial charge in [0, 0.05) is 17.8 Å². The zero-order valence-corrected chi connectivity index (χ0v) is 27.4. The number of amides is 2. The Morgan fingerprint density at radius 3 is 1.80 bits per heavy atom. The van der Waals surface area contributed by atoms with Crippen molar-refractivity contribution in [3.8, 4) is 0 Å². The topological polar surface area (TPSA) is 57.7 Å². The van der Waals surface area contributed by atoms with E-state index in [1.807, 2.05) is 17.5 Å². The molecule has 0 saturated heterocycles. The van der Waals surface area contributed by atoms with Gasteiger partial charge in [-0.05, 0) is 37.6 Å². The summed E-state index contributed by atoms with van der Waals surface area (Å²) in [6.07, 6.45) is 19.0. The van der Waals surface area contributed by atoms with E-state index in [0.29, 0.717) is 19.5 Å². The summed E-state index contributed by atoms with van der Waals surface area (Å²) in [4.78, 5) is 42.8. The summed E-state index contributed by atoms with van der Waals surface area (Å²) in [5.41, 5.74) is 0. The molecule has 40 heavy (non-hydrogen) atoms. The molecule has 1 aromatic rings. The van der Waals surface area contributed by atoms with E-state index in [1.165, 1.54) is 77.6 Å². The predicted octanol–water partition coefficient (Wildman–Crippen LogP) is 7.46. The second-order valence-corrected chi connectivity index (χ2v) is 13.6. The van der Waals surface area contributed by atoms with Gasteiger partial charge in [0.1, 0.15) is 5.78 Å². The number of unbranched alkanes of at least 4 members (excludes halogenated alkanes) is 13. The molecule has 2 amide bonds. The van der Waals surface area contributed by atoms with Crippen LogP contribution >= 0.6 is 11.3 Å². The van der Waals surface area contributed by atoms with Gasteiger partial charge in [-0.3, -0.25) is 14.4 Å². The third kappa shape index (κ3) is 19.4. The van der Waals surface area contributed by atoms with Crippen molar-refractivity contribution in [1.29, 1.82) is 0 Å². The number of ketones is 1. The van der Waals surface area contributed by atoms with Crippen molar-refractivity contribution >= 4 is 28.9 Å². The molecule has 0 atom stereocenters. The number of Topliss-reactive ketones (excluding diaryl/α,β-unsaturated/α-hetero) is 1. The lowest BCUT2D eigenvalue weighted by atomic mass is 10.0. The molecular weight excluding hydrogens is 518 g/mol. The fraction of sp³-hybridized carbons (Fsp3) is 0.788. The quantitative estimate of drug-likeness (QED) is 0.0894. The van der Waals surface area contributed by atoms with Crippen LogP contribution in [0.1, 0.15) is 121 Å². The third-order valence-electron chi connectivity index (χ3n) is 7.37. The van der Waals surface area contributed by atoms with Gasteiger partial charge >= 0.3 is 0 Å². The molecule has 0 bridgehead atoms. The number of hydrogen-bond donors (Lipinski definition) is 0. The van der Waals surface area contributed by atoms with Crippen molar-refractivity contribution in [2.75, 3.05) is 47.3 Å². The Balaban J connectivity index is 2.47. The summed E-state index contributed by atoms with van der Waals surface area (Å²) in [6.45, 7) is 5.95. The Hall–Kier alpha value is -1.73. The van der Waals surface area contributed by atoms with Gasteiger partial charge in [0.05, 0.1) is 47.3 Å². The lowest BCUT2D eigenvalue weighted by Gasteiger charge is -2.28. The first-order valence-corrected chi connectivity index (χ1v) is 16.9. The van der Waals surface area contributed by atoms with E-state index in [4.69, 9.17) is 0 Å². The maximum atomic E-state index is 13.3. The van der Waals surface area contributed by atoms with Crippen LogP contribution in [0, 0.1) is 0 Å². The van der Waals surface area contributed by atoms with E-state index in [1.54, 1.807) is 21.1 Å². The van der Waals surface area contributed by atoms with E-state index in [2.05, 4.69) is 28.1 Å². The monoisotopic (exact) mass is 578 g/mol. The third-order valence-corrected chi connectivity index (χ3v) is 8.23. The first-order chi connectivity index (χ1) is 19.1. The molecule has 1 aromatic heterocycles. The molecule has 7 heteroatoms. The van der Waals surface area contributed by atoms with Crippen LogP contribution in [-0.4, -0.2) is 79.2 Å². The van der Waals surface area contributed by atoms with Crippen molar-refractivity contribution in [2.45, 2.75) is 123 Å². The van der Waals surface area contributed by atoms with Gasteiger partial charge in [0.25, 0.3) is 0 Å². The van der Waals surface area contributed by atoms with Crippen LogP contribution < -0.4 is 0 Å². The lowest BCUT2D eigenvalue weighted by molar-refractivity contribution is -0.870. The van der Waals surface area contributed by atoms with Crippen molar-refractivity contribution in [3.05, 3.63) is 22.4 Å². The van der Waals surface area contributed by atoms with Gasteiger partial charge in [0.15, 0.2) is 0 Å². The Morgan fingerprint density at radius 1 is 0.725 bits per heavy atom. The molecule has 0 saturated carbocycles. The smallest absolute Gasteiger partial charge is 0.242 e. The van der Waals surface area contributed by atoms with Crippen LogP contribution in [0.5, 0.6) is 0 Å². The van der Waals surface area contributed by atoms with Crippen molar-refractivity contribution < 1.29 is 18.9 Å². The fourth-order valence-corrected chi connectivity index (χ4v) is 5.71. The number of rotatable bonds is 25. The van der Waals surface area contributed by atoms with Crippen LogP contribution in [0.2, 0.25) is 0 Å². The molecule has 0 aliphatic heterocycles. The van der Waals surface area contributed by atoms with Crippen LogP contribution in [0.4, 0.5) is 0 Å². The highest BCUT2D eigenvalue weighted by Crippen LogP contribution is 2.15. The Kier molecular flexibility index (Phi) is 19.9. The highest BCUT2D eigenvalue weighted by Gasteiger charge is 2.22. The van der Waals surface area contributed by atoms with Crippen molar-refractivity contribution in [1.82, 2.24) is 9.80 Å². The second kappa shape index (κ2) is 21.9. The minimum Gasteiger partial charge on any atom is -0.333 e. The number of thiophene rings is 1. The summed E-state index contributed by atoms with van der Waals surface area (Å²) in [6, 6.07) is 3.93. The zero-order chi connectivity index (χ0) is 29.6. The number of quaternary nitrogens is 1. The van der Waals surface area contributed by atoms with Crippen molar-refractivity contribution in [2.24, 2.45) is 0 Å². The number of hydrogen-bond acceptors (Lipinski definition) is 4. The van der Waals surface area contributed by atoms with Crippen molar-refractivity contribution in [3.63, 3.8) is 0 Å². The molecule has 0 N–H and O–H groups in total. The maximum absolute atomic E-state index is 13.3. The standard InChI is InChI=1S/C33H60N3O3S/c1-6-7-8-9-10-11-12-13-14-15-16-17-18-23-32(38)34(24-19-20-25-36(3,4)5)29-33(39)35(27-30(2)37)28-31-22-21-26-40-31/h21-22,26H,6-20,23-25,27-29H2,1-5H3/q+1. The van der Waals surface area contributed by atoms with Crippen LogP contribution in [0.25, 0.3) is 0 Å². The molecule has 230 valence electrons. The van der Waals surface area contributed by atoms with E-state index in [0.717, 1.165) is 41.6 Å². The number of nitrogens with zero attached hydrogens (tertiary/aromatic N) is 3. The normalized spacial score (nSPS) is 11.5. The van der Waals surface area contributed by atoms with Crippen LogP contribution in [0.15, 0.2) is 17.5 Å². The maximum Gasteiger partial charge on any atom is 0.242 e. The zero-order valence-electron chi connectivity index (χ0n) is 26.6. The molecule has 0 radical (unpaired) electrons. The Labute approximate surface area is 250 Å². The molecule has 0 fully saturated rings. The lowest BCUT2D eigenvalue weighted by Crippen LogP contribution is -2.44. The minimum absolute atomic E-state index is 0.0438. The number of carbonyl (C=O) groups is 3. The highest BCUT2D eigenvalue weighted by molar-refractivity contribution is 7.09. The second-order valence-electron chi connectivity index (χ2n) is 12.6. The average molecular weight is 579 g/mol.